The number of aromatic carboxylic acids is 1. The smallest absolute Gasteiger partial charge is 0.335 e. The van der Waals surface area contributed by atoms with Gasteiger partial charge in [-0.15, -0.1) is 0 Å². The first kappa shape index (κ1) is 20.7. The van der Waals surface area contributed by atoms with Gasteiger partial charge in [0.2, 0.25) is 0 Å². The molecule has 0 saturated heterocycles. The average molecular weight is 368 g/mol. The predicted octanol–water partition coefficient (Wildman–Crippen LogP) is 5.72. The number of methoxy groups -OCH3 is 1. The normalized spacial score (nSPS) is 11.8. The molecule has 0 aliphatic heterocycles. The molecule has 27 heavy (non-hydrogen) atoms. The number of carboxylic acids is 1. The molecule has 0 aliphatic rings. The SMILES string of the molecule is CCCCCCCC(C(=O)c1ccc(OC)cc1)c1ccccc1C(=O)O. The molecule has 144 valence electrons. The Bertz CT molecular complexity index is 749. The van der Waals surface area contributed by atoms with E-state index in [1.54, 1.807) is 55.6 Å². The molecule has 0 fully saturated rings. The number of ketones is 1. The molecule has 2 rings (SSSR count). The number of benzene rings is 2. The van der Waals surface area contributed by atoms with Crippen LogP contribution in [0.25, 0.3) is 0 Å². The van der Waals surface area contributed by atoms with Gasteiger partial charge in [-0.05, 0) is 42.3 Å². The van der Waals surface area contributed by atoms with E-state index in [-0.39, 0.29) is 11.3 Å². The number of unbranched alkanes of at least 4 members (excludes halogenated alkanes) is 4. The molecule has 0 bridgehead atoms. The van der Waals surface area contributed by atoms with Crippen molar-refractivity contribution in [2.45, 2.75) is 51.4 Å². The minimum atomic E-state index is -0.996. The van der Waals surface area contributed by atoms with E-state index in [1.165, 1.54) is 6.42 Å². The maximum Gasteiger partial charge on any atom is 0.335 e. The zero-order valence-corrected chi connectivity index (χ0v) is 16.1. The number of hydrogen-bond acceptors (Lipinski definition) is 3. The fourth-order valence-corrected chi connectivity index (χ4v) is 3.33. The van der Waals surface area contributed by atoms with Gasteiger partial charge in [0.05, 0.1) is 12.7 Å². The number of Topliss-reactive ketones (excluding diaryl/α,β-unsaturated/α-hetero) is 1. The summed E-state index contributed by atoms with van der Waals surface area (Å²) in [6, 6.07) is 13.8. The van der Waals surface area contributed by atoms with Crippen molar-refractivity contribution in [2.24, 2.45) is 0 Å². The number of carboxylic acid groups (broad SMARTS) is 1. The van der Waals surface area contributed by atoms with E-state index in [0.717, 1.165) is 25.7 Å². The van der Waals surface area contributed by atoms with Gasteiger partial charge in [-0.3, -0.25) is 4.79 Å². The molecule has 0 radical (unpaired) electrons. The van der Waals surface area contributed by atoms with Crippen molar-refractivity contribution < 1.29 is 19.4 Å². The van der Waals surface area contributed by atoms with E-state index in [0.29, 0.717) is 23.3 Å². The van der Waals surface area contributed by atoms with E-state index < -0.39 is 11.9 Å². The number of ether oxygens (including phenoxy) is 1. The Labute approximate surface area is 161 Å². The van der Waals surface area contributed by atoms with E-state index >= 15 is 0 Å². The number of hydrogen-bond donors (Lipinski definition) is 1. The molecular formula is C23H28O4. The van der Waals surface area contributed by atoms with E-state index in [9.17, 15) is 14.7 Å². The lowest BCUT2D eigenvalue weighted by Crippen LogP contribution is -2.17. The summed E-state index contributed by atoms with van der Waals surface area (Å²) in [5.41, 5.74) is 1.38. The standard InChI is InChI=1S/C23H28O4/c1-3-4-5-6-7-11-20(19-10-8-9-12-21(19)23(25)26)22(24)17-13-15-18(27-2)16-14-17/h8-10,12-16,20H,3-7,11H2,1-2H3,(H,25,26). The Kier molecular flexibility index (Phi) is 8.05. The van der Waals surface area contributed by atoms with Crippen molar-refractivity contribution in [1.29, 1.82) is 0 Å². The first-order valence-electron chi connectivity index (χ1n) is 9.59. The first-order chi connectivity index (χ1) is 13.1. The zero-order chi connectivity index (χ0) is 19.6. The summed E-state index contributed by atoms with van der Waals surface area (Å²) in [4.78, 5) is 24.9. The van der Waals surface area contributed by atoms with Gasteiger partial charge in [0.1, 0.15) is 5.75 Å². The van der Waals surface area contributed by atoms with Crippen molar-refractivity contribution in [3.8, 4) is 5.75 Å². The third kappa shape index (κ3) is 5.68. The van der Waals surface area contributed by atoms with Gasteiger partial charge in [-0.2, -0.15) is 0 Å². The Balaban J connectivity index is 2.28. The highest BCUT2D eigenvalue weighted by Gasteiger charge is 2.26. The predicted molar refractivity (Wildman–Crippen MR) is 107 cm³/mol. The maximum atomic E-state index is 13.2. The molecule has 1 N–H and O–H groups in total. The van der Waals surface area contributed by atoms with Crippen LogP contribution in [0, 0.1) is 0 Å². The maximum absolute atomic E-state index is 13.2. The molecule has 4 heteroatoms. The van der Waals surface area contributed by atoms with Crippen LogP contribution >= 0.6 is 0 Å². The van der Waals surface area contributed by atoms with Crippen LogP contribution in [0.2, 0.25) is 0 Å². The number of carbonyl (C=O) groups is 2. The lowest BCUT2D eigenvalue weighted by atomic mass is 9.84. The summed E-state index contributed by atoms with van der Waals surface area (Å²) < 4.78 is 5.16. The quantitative estimate of drug-likeness (QED) is 0.407. The molecule has 0 heterocycles. The molecule has 0 spiro atoms. The van der Waals surface area contributed by atoms with Gasteiger partial charge in [0.15, 0.2) is 5.78 Å². The topological polar surface area (TPSA) is 63.6 Å². The third-order valence-electron chi connectivity index (χ3n) is 4.85. The second kappa shape index (κ2) is 10.5. The first-order valence-corrected chi connectivity index (χ1v) is 9.59. The van der Waals surface area contributed by atoms with Gasteiger partial charge in [-0.1, -0.05) is 57.2 Å². The highest BCUT2D eigenvalue weighted by atomic mass is 16.5. The van der Waals surface area contributed by atoms with Gasteiger partial charge in [0.25, 0.3) is 0 Å². The lowest BCUT2D eigenvalue weighted by Gasteiger charge is -2.19. The van der Waals surface area contributed by atoms with Gasteiger partial charge < -0.3 is 9.84 Å². The third-order valence-corrected chi connectivity index (χ3v) is 4.85. The molecule has 0 aromatic heterocycles. The fourth-order valence-electron chi connectivity index (χ4n) is 3.33. The monoisotopic (exact) mass is 368 g/mol. The highest BCUT2D eigenvalue weighted by molar-refractivity contribution is 6.03. The summed E-state index contributed by atoms with van der Waals surface area (Å²) in [6.45, 7) is 2.17. The molecule has 1 unspecified atom stereocenters. The van der Waals surface area contributed by atoms with Crippen LogP contribution in [0.15, 0.2) is 48.5 Å². The van der Waals surface area contributed by atoms with Crippen molar-refractivity contribution in [1.82, 2.24) is 0 Å². The van der Waals surface area contributed by atoms with Gasteiger partial charge in [0, 0.05) is 11.5 Å². The lowest BCUT2D eigenvalue weighted by molar-refractivity contribution is 0.0695. The van der Waals surface area contributed by atoms with Crippen molar-refractivity contribution in [3.63, 3.8) is 0 Å². The van der Waals surface area contributed by atoms with Gasteiger partial charge >= 0.3 is 5.97 Å². The van der Waals surface area contributed by atoms with E-state index in [1.807, 2.05) is 0 Å². The van der Waals surface area contributed by atoms with Crippen LogP contribution in [0.4, 0.5) is 0 Å². The molecule has 2 aromatic carbocycles. The summed E-state index contributed by atoms with van der Waals surface area (Å²) >= 11 is 0. The van der Waals surface area contributed by atoms with Gasteiger partial charge in [-0.25, -0.2) is 4.79 Å². The average Bonchev–Trinajstić information content (AvgIpc) is 2.70. The zero-order valence-electron chi connectivity index (χ0n) is 16.1. The summed E-state index contributed by atoms with van der Waals surface area (Å²) in [5.74, 6) is -0.799. The highest BCUT2D eigenvalue weighted by Crippen LogP contribution is 2.30. The van der Waals surface area contributed by atoms with Crippen molar-refractivity contribution in [3.05, 3.63) is 65.2 Å². The van der Waals surface area contributed by atoms with E-state index in [4.69, 9.17) is 4.74 Å². The van der Waals surface area contributed by atoms with E-state index in [2.05, 4.69) is 6.92 Å². The molecular weight excluding hydrogens is 340 g/mol. The van der Waals surface area contributed by atoms with Crippen molar-refractivity contribution >= 4 is 11.8 Å². The molecule has 0 amide bonds. The summed E-state index contributed by atoms with van der Waals surface area (Å²) in [6.07, 6.45) is 6.09. The number of rotatable bonds is 11. The Hall–Kier alpha value is -2.62. The molecule has 4 nitrogen and oxygen atoms in total. The van der Waals surface area contributed by atoms with Crippen molar-refractivity contribution in [2.75, 3.05) is 7.11 Å². The second-order valence-electron chi connectivity index (χ2n) is 6.74. The minimum absolute atomic E-state index is 0.0400. The van der Waals surface area contributed by atoms with Crippen LogP contribution < -0.4 is 4.74 Å². The minimum Gasteiger partial charge on any atom is -0.497 e. The molecule has 2 aromatic rings. The molecule has 1 atom stereocenters. The summed E-state index contributed by atoms with van der Waals surface area (Å²) in [5, 5.41) is 9.55. The number of carbonyl (C=O) groups excluding carboxylic acids is 1. The molecule has 0 aliphatic carbocycles. The van der Waals surface area contributed by atoms with Crippen LogP contribution in [-0.4, -0.2) is 24.0 Å². The Morgan fingerprint density at radius 2 is 1.63 bits per heavy atom. The Morgan fingerprint density at radius 1 is 0.963 bits per heavy atom. The van der Waals surface area contributed by atoms with Crippen LogP contribution in [0.5, 0.6) is 5.75 Å². The fraction of sp³-hybridized carbons (Fsp3) is 0.391. The van der Waals surface area contributed by atoms with Crippen LogP contribution in [0.3, 0.4) is 0 Å². The second-order valence-corrected chi connectivity index (χ2v) is 6.74. The van der Waals surface area contributed by atoms with Crippen LogP contribution in [-0.2, 0) is 0 Å². The van der Waals surface area contributed by atoms with Crippen LogP contribution in [0.1, 0.15) is 77.6 Å². The Morgan fingerprint density at radius 3 is 2.26 bits per heavy atom. The molecule has 0 saturated carbocycles. The summed E-state index contributed by atoms with van der Waals surface area (Å²) in [7, 11) is 1.58. The largest absolute Gasteiger partial charge is 0.497 e.